The van der Waals surface area contributed by atoms with Gasteiger partial charge in [0.15, 0.2) is 0 Å². The van der Waals surface area contributed by atoms with Gasteiger partial charge in [-0.25, -0.2) is 0 Å². The lowest BCUT2D eigenvalue weighted by atomic mass is 9.71. The standard InChI is InChI=1S/C21H29N5O2/c1-16(26-12-6-11-23-26)20(28)25-18-8-5-7-17(13-18)24-19(27)14-21(15-22)9-3-2-4-10-21/h5-8,11-13,16H,2-4,9-10,14-15,22H2,1H3,(H,24,27)(H,25,28). The number of carbonyl (C=O) groups is 2. The van der Waals surface area contributed by atoms with E-state index < -0.39 is 6.04 Å². The zero-order valence-electron chi connectivity index (χ0n) is 16.4. The van der Waals surface area contributed by atoms with Crippen molar-refractivity contribution in [2.75, 3.05) is 17.2 Å². The molecule has 1 aromatic heterocycles. The Hall–Kier alpha value is -2.67. The van der Waals surface area contributed by atoms with E-state index in [4.69, 9.17) is 5.73 Å². The highest BCUT2D eigenvalue weighted by atomic mass is 16.2. The lowest BCUT2D eigenvalue weighted by Crippen LogP contribution is -2.36. The minimum atomic E-state index is -0.427. The van der Waals surface area contributed by atoms with Crippen LogP contribution in [-0.2, 0) is 9.59 Å². The summed E-state index contributed by atoms with van der Waals surface area (Å²) in [7, 11) is 0. The normalized spacial score (nSPS) is 16.9. The third-order valence-electron chi connectivity index (χ3n) is 5.60. The van der Waals surface area contributed by atoms with Gasteiger partial charge >= 0.3 is 0 Å². The van der Waals surface area contributed by atoms with E-state index in [-0.39, 0.29) is 17.2 Å². The molecule has 1 heterocycles. The lowest BCUT2D eigenvalue weighted by molar-refractivity contribution is -0.119. The number of nitrogens with two attached hydrogens (primary N) is 1. The van der Waals surface area contributed by atoms with Crippen molar-refractivity contribution in [3.8, 4) is 0 Å². The van der Waals surface area contributed by atoms with E-state index >= 15 is 0 Å². The highest BCUT2D eigenvalue weighted by Gasteiger charge is 2.33. The molecule has 0 radical (unpaired) electrons. The molecule has 0 saturated heterocycles. The highest BCUT2D eigenvalue weighted by molar-refractivity contribution is 5.95. The second kappa shape index (κ2) is 9.01. The first kappa shape index (κ1) is 20.1. The molecule has 1 unspecified atom stereocenters. The lowest BCUT2D eigenvalue weighted by Gasteiger charge is -2.35. The minimum Gasteiger partial charge on any atom is -0.330 e. The Morgan fingerprint density at radius 2 is 1.89 bits per heavy atom. The van der Waals surface area contributed by atoms with Crippen LogP contribution in [0.3, 0.4) is 0 Å². The van der Waals surface area contributed by atoms with Crippen LogP contribution < -0.4 is 16.4 Å². The first-order chi connectivity index (χ1) is 13.5. The van der Waals surface area contributed by atoms with Gasteiger partial charge in [0, 0.05) is 30.2 Å². The molecule has 2 aromatic rings. The third-order valence-corrected chi connectivity index (χ3v) is 5.60. The van der Waals surface area contributed by atoms with Crippen LogP contribution in [0.2, 0.25) is 0 Å². The number of amides is 2. The van der Waals surface area contributed by atoms with Crippen LogP contribution in [0.1, 0.15) is 51.5 Å². The van der Waals surface area contributed by atoms with Crippen molar-refractivity contribution >= 4 is 23.2 Å². The fraction of sp³-hybridized carbons (Fsp3) is 0.476. The van der Waals surface area contributed by atoms with Gasteiger partial charge in [-0.3, -0.25) is 14.3 Å². The highest BCUT2D eigenvalue weighted by Crippen LogP contribution is 2.38. The van der Waals surface area contributed by atoms with Crippen molar-refractivity contribution in [2.24, 2.45) is 11.1 Å². The molecule has 7 nitrogen and oxygen atoms in total. The maximum absolute atomic E-state index is 12.6. The molecule has 1 atom stereocenters. The SMILES string of the molecule is CC(C(=O)Nc1cccc(NC(=O)CC2(CN)CCCCC2)c1)n1cccn1. The molecule has 0 bridgehead atoms. The summed E-state index contributed by atoms with van der Waals surface area (Å²) in [6, 6.07) is 8.54. The maximum Gasteiger partial charge on any atom is 0.248 e. The summed E-state index contributed by atoms with van der Waals surface area (Å²) in [4.78, 5) is 25.0. The number of nitrogens with one attached hydrogen (secondary N) is 2. The zero-order chi connectivity index (χ0) is 20.0. The van der Waals surface area contributed by atoms with Crippen LogP contribution in [0.4, 0.5) is 11.4 Å². The van der Waals surface area contributed by atoms with Gasteiger partial charge in [-0.2, -0.15) is 5.10 Å². The van der Waals surface area contributed by atoms with E-state index in [1.165, 1.54) is 6.42 Å². The van der Waals surface area contributed by atoms with Gasteiger partial charge in [-0.1, -0.05) is 25.3 Å². The van der Waals surface area contributed by atoms with Crippen molar-refractivity contribution in [2.45, 2.75) is 51.5 Å². The molecular weight excluding hydrogens is 354 g/mol. The minimum absolute atomic E-state index is 0.0271. The average molecular weight is 383 g/mol. The Kier molecular flexibility index (Phi) is 6.46. The van der Waals surface area contributed by atoms with Crippen LogP contribution in [0.5, 0.6) is 0 Å². The van der Waals surface area contributed by atoms with Crippen molar-refractivity contribution in [1.82, 2.24) is 9.78 Å². The molecule has 4 N–H and O–H groups in total. The van der Waals surface area contributed by atoms with Crippen molar-refractivity contribution in [3.63, 3.8) is 0 Å². The summed E-state index contributed by atoms with van der Waals surface area (Å²) in [5, 5.41) is 9.92. The monoisotopic (exact) mass is 383 g/mol. The number of anilines is 2. The molecule has 1 saturated carbocycles. The van der Waals surface area contributed by atoms with Gasteiger partial charge in [0.1, 0.15) is 6.04 Å². The molecule has 7 heteroatoms. The first-order valence-electron chi connectivity index (χ1n) is 9.91. The van der Waals surface area contributed by atoms with Crippen molar-refractivity contribution < 1.29 is 9.59 Å². The predicted octanol–water partition coefficient (Wildman–Crippen LogP) is 3.32. The summed E-state index contributed by atoms with van der Waals surface area (Å²) in [5.74, 6) is -0.197. The van der Waals surface area contributed by atoms with Crippen LogP contribution in [0.25, 0.3) is 0 Å². The first-order valence-corrected chi connectivity index (χ1v) is 9.91. The van der Waals surface area contributed by atoms with Gasteiger partial charge in [-0.15, -0.1) is 0 Å². The molecule has 1 aliphatic carbocycles. The third kappa shape index (κ3) is 4.98. The number of nitrogens with zero attached hydrogens (tertiary/aromatic N) is 2. The number of hydrogen-bond donors (Lipinski definition) is 3. The fourth-order valence-corrected chi connectivity index (χ4v) is 3.85. The number of hydrogen-bond acceptors (Lipinski definition) is 4. The molecule has 150 valence electrons. The van der Waals surface area contributed by atoms with E-state index in [1.807, 2.05) is 12.1 Å². The number of carbonyl (C=O) groups excluding carboxylic acids is 2. The molecule has 28 heavy (non-hydrogen) atoms. The second-order valence-corrected chi connectivity index (χ2v) is 7.72. The molecule has 1 aliphatic rings. The molecule has 0 aliphatic heterocycles. The van der Waals surface area contributed by atoms with E-state index in [0.717, 1.165) is 25.7 Å². The van der Waals surface area contributed by atoms with Crippen LogP contribution >= 0.6 is 0 Å². The van der Waals surface area contributed by atoms with Gasteiger partial charge in [0.05, 0.1) is 0 Å². The Balaban J connectivity index is 1.59. The smallest absolute Gasteiger partial charge is 0.248 e. The molecule has 2 amide bonds. The average Bonchev–Trinajstić information content (AvgIpc) is 3.23. The number of rotatable bonds is 7. The molecular formula is C21H29N5O2. The molecule has 1 fully saturated rings. The van der Waals surface area contributed by atoms with Crippen molar-refractivity contribution in [3.05, 3.63) is 42.7 Å². The molecule has 1 aromatic carbocycles. The predicted molar refractivity (Wildman–Crippen MR) is 110 cm³/mol. The Morgan fingerprint density at radius 3 is 2.54 bits per heavy atom. The topological polar surface area (TPSA) is 102 Å². The number of aromatic nitrogens is 2. The molecule has 0 spiro atoms. The quantitative estimate of drug-likeness (QED) is 0.682. The zero-order valence-corrected chi connectivity index (χ0v) is 16.4. The summed E-state index contributed by atoms with van der Waals surface area (Å²) < 4.78 is 1.59. The van der Waals surface area contributed by atoms with Crippen LogP contribution in [-0.4, -0.2) is 28.1 Å². The van der Waals surface area contributed by atoms with E-state index in [1.54, 1.807) is 42.2 Å². The summed E-state index contributed by atoms with van der Waals surface area (Å²) in [6.07, 6.45) is 9.36. The van der Waals surface area contributed by atoms with Gasteiger partial charge < -0.3 is 16.4 Å². The van der Waals surface area contributed by atoms with Gasteiger partial charge in [0.25, 0.3) is 0 Å². The second-order valence-electron chi connectivity index (χ2n) is 7.72. The van der Waals surface area contributed by atoms with Gasteiger partial charge in [0.2, 0.25) is 11.8 Å². The fourth-order valence-electron chi connectivity index (χ4n) is 3.85. The number of benzene rings is 1. The Labute approximate surface area is 165 Å². The van der Waals surface area contributed by atoms with E-state index in [0.29, 0.717) is 24.3 Å². The largest absolute Gasteiger partial charge is 0.330 e. The Morgan fingerprint density at radius 1 is 1.18 bits per heavy atom. The summed E-state index contributed by atoms with van der Waals surface area (Å²) in [6.45, 7) is 2.33. The van der Waals surface area contributed by atoms with Crippen LogP contribution in [0, 0.1) is 5.41 Å². The maximum atomic E-state index is 12.6. The van der Waals surface area contributed by atoms with Crippen LogP contribution in [0.15, 0.2) is 42.7 Å². The van der Waals surface area contributed by atoms with E-state index in [9.17, 15) is 9.59 Å². The summed E-state index contributed by atoms with van der Waals surface area (Å²) in [5.41, 5.74) is 7.21. The van der Waals surface area contributed by atoms with Gasteiger partial charge in [-0.05, 0) is 56.0 Å². The Bertz CT molecular complexity index is 797. The van der Waals surface area contributed by atoms with E-state index in [2.05, 4.69) is 15.7 Å². The van der Waals surface area contributed by atoms with Crippen molar-refractivity contribution in [1.29, 1.82) is 0 Å². The summed E-state index contributed by atoms with van der Waals surface area (Å²) >= 11 is 0. The molecule has 3 rings (SSSR count).